The number of hydrogen-bond acceptors (Lipinski definition) is 4. The maximum atomic E-state index is 12.0. The van der Waals surface area contributed by atoms with Crippen LogP contribution in [0, 0.1) is 0 Å². The van der Waals surface area contributed by atoms with Gasteiger partial charge < -0.3 is 9.47 Å². The molecule has 0 aliphatic rings. The molecule has 0 fully saturated rings. The van der Waals surface area contributed by atoms with Crippen molar-refractivity contribution in [3.05, 3.63) is 121 Å². The molecule has 43 heavy (non-hydrogen) atoms. The minimum Gasteiger partial charge on any atom is -0.388 e. The summed E-state index contributed by atoms with van der Waals surface area (Å²) >= 11 is 0. The molecule has 0 heterocycles. The van der Waals surface area contributed by atoms with Crippen LogP contribution in [0.1, 0.15) is 69.2 Å². The van der Waals surface area contributed by atoms with Crippen LogP contribution in [-0.4, -0.2) is 36.9 Å². The van der Waals surface area contributed by atoms with E-state index in [0.29, 0.717) is 9.79 Å². The lowest BCUT2D eigenvalue weighted by Gasteiger charge is -2.03. The zero-order valence-corrected chi connectivity index (χ0v) is 30.4. The molecule has 0 aliphatic carbocycles. The van der Waals surface area contributed by atoms with Gasteiger partial charge in [0.1, 0.15) is 0 Å². The maximum Gasteiger partial charge on any atom is 0.206 e. The molecule has 5 heteroatoms. The van der Waals surface area contributed by atoms with Gasteiger partial charge in [-0.3, -0.25) is 0 Å². The lowest BCUT2D eigenvalue weighted by atomic mass is 10.1. The van der Waals surface area contributed by atoms with Crippen molar-refractivity contribution in [1.82, 2.24) is 0 Å². The van der Waals surface area contributed by atoms with Crippen LogP contribution in [0.15, 0.2) is 131 Å². The summed E-state index contributed by atoms with van der Waals surface area (Å²) in [6.07, 6.45) is 0. The topological polar surface area (TPSA) is 52.6 Å². The minimum absolute atomic E-state index is 0.330. The van der Waals surface area contributed by atoms with Gasteiger partial charge >= 0.3 is 0 Å². The van der Waals surface area contributed by atoms with Gasteiger partial charge in [0.25, 0.3) is 0 Å². The Morgan fingerprint density at radius 1 is 0.349 bits per heavy atom. The molecule has 0 saturated heterocycles. The van der Waals surface area contributed by atoms with E-state index in [0.717, 1.165) is 0 Å². The Bertz CT molecular complexity index is 1000. The molecule has 0 spiro atoms. The van der Waals surface area contributed by atoms with Crippen molar-refractivity contribution in [1.29, 1.82) is 0 Å². The van der Waals surface area contributed by atoms with E-state index in [1.807, 2.05) is 81.4 Å². The van der Waals surface area contributed by atoms with Crippen LogP contribution < -0.4 is 0 Å². The Labute approximate surface area is 267 Å². The van der Waals surface area contributed by atoms with Gasteiger partial charge in [-0.25, -0.2) is 8.42 Å². The van der Waals surface area contributed by atoms with Crippen molar-refractivity contribution in [3.8, 4) is 11.1 Å². The summed E-state index contributed by atoms with van der Waals surface area (Å²) in [7, 11) is 3.16. The molecule has 0 atom stereocenters. The number of benzene rings is 4. The smallest absolute Gasteiger partial charge is 0.206 e. The van der Waals surface area contributed by atoms with E-state index in [2.05, 4.69) is 58.0 Å². The predicted molar refractivity (Wildman–Crippen MR) is 193 cm³/mol. The average molecular weight is 615 g/mol. The molecular formula is C38H62O4S. The fraction of sp³-hybridized carbons (Fsp3) is 0.368. The van der Waals surface area contributed by atoms with Crippen molar-refractivity contribution in [2.45, 2.75) is 79.0 Å². The summed E-state index contributed by atoms with van der Waals surface area (Å²) in [4.78, 5) is 0.660. The molecule has 244 valence electrons. The first-order valence-electron chi connectivity index (χ1n) is 15.3. The molecular weight excluding hydrogens is 552 g/mol. The molecule has 4 aromatic carbocycles. The number of methoxy groups -OCH3 is 2. The molecule has 0 saturated carbocycles. The van der Waals surface area contributed by atoms with E-state index in [1.54, 1.807) is 89.1 Å². The first-order chi connectivity index (χ1) is 21.0. The Kier molecular flexibility index (Phi) is 47.0. The Hall–Kier alpha value is -3.25. The summed E-state index contributed by atoms with van der Waals surface area (Å²) in [5.41, 5.74) is 2.55. The Morgan fingerprint density at radius 2 is 0.512 bits per heavy atom. The van der Waals surface area contributed by atoms with E-state index in [9.17, 15) is 8.42 Å². The molecule has 0 aliphatic heterocycles. The second kappa shape index (κ2) is 40.9. The van der Waals surface area contributed by atoms with Crippen molar-refractivity contribution < 1.29 is 17.9 Å². The highest BCUT2D eigenvalue weighted by atomic mass is 32.2. The van der Waals surface area contributed by atoms with Gasteiger partial charge in [0, 0.05) is 28.4 Å². The second-order valence-corrected chi connectivity index (χ2v) is 8.63. The van der Waals surface area contributed by atoms with Gasteiger partial charge in [-0.15, -0.1) is 0 Å². The number of sulfone groups is 1. The average Bonchev–Trinajstić information content (AvgIpc) is 3.12. The lowest BCUT2D eigenvalue weighted by molar-refractivity contribution is 0.277. The van der Waals surface area contributed by atoms with Gasteiger partial charge in [0.2, 0.25) is 9.84 Å². The predicted octanol–water partition coefficient (Wildman–Crippen LogP) is 11.5. The standard InChI is InChI=1S/C12H10O2S.C12H10.2C2H6O.5C2H6/c13-15(14,11-7-3-1-4-8-11)12-9-5-2-6-10-12;1-3-7-11(8-4-1)12-9-5-2-6-10-12;2*1-3-2;5*1-2/h1-10H;1-10H;2*1-2H3;5*1-2H3. The van der Waals surface area contributed by atoms with Crippen LogP contribution in [0.3, 0.4) is 0 Å². The van der Waals surface area contributed by atoms with Crippen LogP contribution in [0.2, 0.25) is 0 Å². The summed E-state index contributed by atoms with van der Waals surface area (Å²) in [6, 6.07) is 37.6. The second-order valence-electron chi connectivity index (χ2n) is 6.68. The molecule has 4 nitrogen and oxygen atoms in total. The van der Waals surface area contributed by atoms with Crippen LogP contribution in [0.4, 0.5) is 0 Å². The number of rotatable bonds is 3. The van der Waals surface area contributed by atoms with E-state index >= 15 is 0 Å². The highest BCUT2D eigenvalue weighted by Gasteiger charge is 2.15. The lowest BCUT2D eigenvalue weighted by Crippen LogP contribution is -2.00. The summed E-state index contributed by atoms with van der Waals surface area (Å²) < 4.78 is 32.6. The van der Waals surface area contributed by atoms with Gasteiger partial charge in [-0.1, -0.05) is 166 Å². The van der Waals surface area contributed by atoms with Gasteiger partial charge in [-0.2, -0.15) is 0 Å². The first-order valence-corrected chi connectivity index (χ1v) is 16.8. The SMILES string of the molecule is CC.CC.CC.CC.CC.COC.COC.O=S(=O)(c1ccccc1)c1ccccc1.c1ccc(-c2ccccc2)cc1. The fourth-order valence-corrected chi connectivity index (χ4v) is 3.90. The normalized spacial score (nSPS) is 8.14. The largest absolute Gasteiger partial charge is 0.388 e. The van der Waals surface area contributed by atoms with Crippen LogP contribution in [-0.2, 0) is 19.3 Å². The van der Waals surface area contributed by atoms with Crippen LogP contribution in [0.25, 0.3) is 11.1 Å². The van der Waals surface area contributed by atoms with E-state index in [-0.39, 0.29) is 0 Å². The highest BCUT2D eigenvalue weighted by Crippen LogP contribution is 2.19. The zero-order valence-electron chi connectivity index (χ0n) is 29.6. The molecule has 0 N–H and O–H groups in total. The molecule has 4 rings (SSSR count). The molecule has 0 unspecified atom stereocenters. The fourth-order valence-electron chi connectivity index (χ4n) is 2.60. The van der Waals surface area contributed by atoms with E-state index in [4.69, 9.17) is 0 Å². The quantitative estimate of drug-likeness (QED) is 0.230. The first kappa shape index (κ1) is 49.4. The number of hydrogen-bond donors (Lipinski definition) is 0. The van der Waals surface area contributed by atoms with E-state index < -0.39 is 9.84 Å². The molecule has 0 amide bonds. The summed E-state index contributed by atoms with van der Waals surface area (Å²) in [5, 5.41) is 0. The van der Waals surface area contributed by atoms with Gasteiger partial charge in [0.15, 0.2) is 0 Å². The third-order valence-corrected chi connectivity index (χ3v) is 5.77. The van der Waals surface area contributed by atoms with Gasteiger partial charge in [0.05, 0.1) is 9.79 Å². The zero-order chi connectivity index (χ0) is 34.4. The molecule has 0 bridgehead atoms. The highest BCUT2D eigenvalue weighted by molar-refractivity contribution is 7.91. The Balaban J connectivity index is -0.000000154. The van der Waals surface area contributed by atoms with Crippen LogP contribution in [0.5, 0.6) is 0 Å². The van der Waals surface area contributed by atoms with Crippen molar-refractivity contribution >= 4 is 9.84 Å². The van der Waals surface area contributed by atoms with Crippen LogP contribution >= 0.6 is 0 Å². The summed E-state index contributed by atoms with van der Waals surface area (Å²) in [5.74, 6) is 0. The number of ether oxygens (including phenoxy) is 2. The Morgan fingerprint density at radius 3 is 0.698 bits per heavy atom. The summed E-state index contributed by atoms with van der Waals surface area (Å²) in [6.45, 7) is 20.0. The third-order valence-electron chi connectivity index (χ3n) is 3.99. The van der Waals surface area contributed by atoms with Crippen molar-refractivity contribution in [2.75, 3.05) is 28.4 Å². The maximum absolute atomic E-state index is 12.0. The van der Waals surface area contributed by atoms with Crippen molar-refractivity contribution in [3.63, 3.8) is 0 Å². The van der Waals surface area contributed by atoms with Gasteiger partial charge in [-0.05, 0) is 35.4 Å². The van der Waals surface area contributed by atoms with E-state index in [1.165, 1.54) is 11.1 Å². The van der Waals surface area contributed by atoms with Crippen molar-refractivity contribution in [2.24, 2.45) is 0 Å². The molecule has 0 aromatic heterocycles. The molecule has 0 radical (unpaired) electrons. The minimum atomic E-state index is -3.34. The monoisotopic (exact) mass is 614 g/mol. The third kappa shape index (κ3) is 26.1. The molecule has 4 aromatic rings.